The van der Waals surface area contributed by atoms with E-state index in [1.54, 1.807) is 45.9 Å². The average molecular weight is 669 g/mol. The second-order valence-electron chi connectivity index (χ2n) is 10.1. The molecular weight excluding hydrogens is 631 g/mol. The number of carbonyl (C=O) groups is 4. The highest BCUT2D eigenvalue weighted by Gasteiger charge is 2.32. The molecule has 2 aromatic carbocycles. The van der Waals surface area contributed by atoms with Crippen molar-refractivity contribution in [1.82, 2.24) is 10.2 Å². The summed E-state index contributed by atoms with van der Waals surface area (Å²) in [6.45, 7) is 7.41. The van der Waals surface area contributed by atoms with E-state index in [1.807, 2.05) is 30.3 Å². The number of alkyl carbamates (subject to hydrolysis) is 1. The first-order chi connectivity index (χ1) is 18.8. The van der Waals surface area contributed by atoms with Crippen LogP contribution in [-0.4, -0.2) is 61.7 Å². The quantitative estimate of drug-likeness (QED) is 0.141. The van der Waals surface area contributed by atoms with Crippen LogP contribution in [0.4, 0.5) is 9.59 Å². The lowest BCUT2D eigenvalue weighted by Gasteiger charge is -2.28. The Hall–Kier alpha value is -3.35. The summed E-state index contributed by atoms with van der Waals surface area (Å²) in [6.07, 6.45) is -1.35. The molecule has 218 valence electrons. The third-order valence-electron chi connectivity index (χ3n) is 5.60. The third kappa shape index (κ3) is 10.7. The maximum Gasteiger partial charge on any atom is 0.410 e. The largest absolute Gasteiger partial charge is 0.491 e. The van der Waals surface area contributed by atoms with Gasteiger partial charge in [0.15, 0.2) is 5.78 Å². The summed E-state index contributed by atoms with van der Waals surface area (Å²) in [7, 11) is 2.75. The highest BCUT2D eigenvalue weighted by molar-refractivity contribution is 14.1. The zero-order valence-electron chi connectivity index (χ0n) is 23.7. The van der Waals surface area contributed by atoms with Gasteiger partial charge in [-0.1, -0.05) is 43.3 Å². The number of esters is 1. The average Bonchev–Trinajstić information content (AvgIpc) is 2.89. The molecule has 0 bridgehead atoms. The Morgan fingerprint density at radius 2 is 1.73 bits per heavy atom. The number of nitrogens with one attached hydrogen (secondary N) is 1. The Kier molecular flexibility index (Phi) is 12.7. The van der Waals surface area contributed by atoms with Crippen LogP contribution in [0.15, 0.2) is 48.5 Å². The molecule has 0 radical (unpaired) electrons. The van der Waals surface area contributed by atoms with Gasteiger partial charge < -0.3 is 24.3 Å². The second kappa shape index (κ2) is 15.4. The molecule has 0 spiro atoms. The van der Waals surface area contributed by atoms with E-state index >= 15 is 0 Å². The van der Waals surface area contributed by atoms with Crippen LogP contribution in [0.25, 0.3) is 0 Å². The monoisotopic (exact) mass is 668 g/mol. The van der Waals surface area contributed by atoms with Gasteiger partial charge in [0, 0.05) is 13.5 Å². The minimum atomic E-state index is -1.01. The van der Waals surface area contributed by atoms with Crippen molar-refractivity contribution in [2.75, 3.05) is 27.3 Å². The smallest absolute Gasteiger partial charge is 0.410 e. The van der Waals surface area contributed by atoms with Crippen LogP contribution >= 0.6 is 22.6 Å². The van der Waals surface area contributed by atoms with Gasteiger partial charge in [0.2, 0.25) is 0 Å². The van der Waals surface area contributed by atoms with E-state index in [9.17, 15) is 19.2 Å². The van der Waals surface area contributed by atoms with Gasteiger partial charge in [-0.05, 0) is 66.6 Å². The van der Waals surface area contributed by atoms with Crippen LogP contribution in [0.3, 0.4) is 0 Å². The molecule has 2 rings (SSSR count). The standard InChI is InChI=1S/C29H37IN2O8/c1-19(26(34)37-6)16-23(33)25(32(5)28(36)39-18-20-10-8-7-9-11-20)21-12-13-24(22(30)17-21)38-15-14-31-27(35)40-29(2,3)4/h7-13,17,19,25H,14-16,18H2,1-6H3,(H,31,35)/t19-,25+/m1/s1. The fraction of sp³-hybridized carbons (Fsp3) is 0.448. The third-order valence-corrected chi connectivity index (χ3v) is 6.44. The minimum Gasteiger partial charge on any atom is -0.491 e. The lowest BCUT2D eigenvalue weighted by atomic mass is 9.94. The number of nitrogens with zero attached hydrogens (tertiary/aromatic N) is 1. The lowest BCUT2D eigenvalue weighted by Crippen LogP contribution is -2.37. The molecule has 0 saturated carbocycles. The zero-order valence-corrected chi connectivity index (χ0v) is 25.9. The fourth-order valence-corrected chi connectivity index (χ4v) is 4.38. The molecule has 11 heteroatoms. The number of methoxy groups -OCH3 is 1. The molecule has 2 atom stereocenters. The number of benzene rings is 2. The first kappa shape index (κ1) is 32.9. The number of amides is 2. The number of rotatable bonds is 12. The summed E-state index contributed by atoms with van der Waals surface area (Å²) in [5.41, 5.74) is 0.744. The van der Waals surface area contributed by atoms with Crippen LogP contribution in [0.2, 0.25) is 0 Å². The number of ketones is 1. The predicted octanol–water partition coefficient (Wildman–Crippen LogP) is 5.27. The summed E-state index contributed by atoms with van der Waals surface area (Å²) in [6, 6.07) is 13.3. The number of carbonyl (C=O) groups excluding carboxylic acids is 4. The highest BCUT2D eigenvalue weighted by atomic mass is 127. The summed E-state index contributed by atoms with van der Waals surface area (Å²) in [5.74, 6) is -1.01. The van der Waals surface area contributed by atoms with E-state index in [4.69, 9.17) is 18.9 Å². The van der Waals surface area contributed by atoms with Crippen LogP contribution in [0.1, 0.15) is 51.3 Å². The van der Waals surface area contributed by atoms with Crippen molar-refractivity contribution >= 4 is 46.5 Å². The number of Topliss-reactive ketones (excluding diaryl/α,β-unsaturated/α-hetero) is 1. The topological polar surface area (TPSA) is 120 Å². The van der Waals surface area contributed by atoms with Gasteiger partial charge in [-0.15, -0.1) is 0 Å². The number of hydrogen-bond acceptors (Lipinski definition) is 8. The van der Waals surface area contributed by atoms with Gasteiger partial charge in [0.1, 0.15) is 30.6 Å². The van der Waals surface area contributed by atoms with Crippen molar-refractivity contribution in [2.24, 2.45) is 5.92 Å². The molecule has 0 aliphatic carbocycles. The van der Waals surface area contributed by atoms with Crippen molar-refractivity contribution < 1.29 is 38.1 Å². The molecule has 2 aromatic rings. The Labute approximate surface area is 248 Å². The van der Waals surface area contributed by atoms with Gasteiger partial charge >= 0.3 is 18.2 Å². The van der Waals surface area contributed by atoms with E-state index < -0.39 is 35.7 Å². The molecule has 10 nitrogen and oxygen atoms in total. The van der Waals surface area contributed by atoms with Crippen LogP contribution in [0, 0.1) is 9.49 Å². The molecule has 2 amide bonds. The van der Waals surface area contributed by atoms with Crippen molar-refractivity contribution in [3.05, 3.63) is 63.2 Å². The first-order valence-corrected chi connectivity index (χ1v) is 13.8. The van der Waals surface area contributed by atoms with Crippen molar-refractivity contribution in [3.63, 3.8) is 0 Å². The van der Waals surface area contributed by atoms with Gasteiger partial charge in [0.25, 0.3) is 0 Å². The molecule has 0 aliphatic rings. The number of likely N-dealkylation sites (N-methyl/N-ethyl adjacent to an activating group) is 1. The van der Waals surface area contributed by atoms with Gasteiger partial charge in [-0.2, -0.15) is 0 Å². The van der Waals surface area contributed by atoms with E-state index in [0.717, 1.165) is 5.56 Å². The summed E-state index contributed by atoms with van der Waals surface area (Å²) in [4.78, 5) is 51.4. The molecule has 0 saturated heterocycles. The second-order valence-corrected chi connectivity index (χ2v) is 11.3. The van der Waals surface area contributed by atoms with E-state index in [0.29, 0.717) is 14.9 Å². The normalized spacial score (nSPS) is 12.5. The molecule has 0 aromatic heterocycles. The van der Waals surface area contributed by atoms with Crippen molar-refractivity contribution in [3.8, 4) is 5.75 Å². The summed E-state index contributed by atoms with van der Waals surface area (Å²) < 4.78 is 21.9. The maximum absolute atomic E-state index is 13.4. The van der Waals surface area contributed by atoms with E-state index in [1.165, 1.54) is 19.1 Å². The van der Waals surface area contributed by atoms with Crippen molar-refractivity contribution in [1.29, 1.82) is 0 Å². The summed E-state index contributed by atoms with van der Waals surface area (Å²) >= 11 is 2.08. The molecule has 0 fully saturated rings. The van der Waals surface area contributed by atoms with Crippen LogP contribution < -0.4 is 10.1 Å². The van der Waals surface area contributed by atoms with E-state index in [2.05, 4.69) is 27.9 Å². The molecule has 1 N–H and O–H groups in total. The highest BCUT2D eigenvalue weighted by Crippen LogP contribution is 2.30. The van der Waals surface area contributed by atoms with E-state index in [-0.39, 0.29) is 32.0 Å². The molecule has 40 heavy (non-hydrogen) atoms. The molecule has 0 heterocycles. The Morgan fingerprint density at radius 3 is 2.33 bits per heavy atom. The zero-order chi connectivity index (χ0) is 29.9. The van der Waals surface area contributed by atoms with Gasteiger partial charge in [-0.3, -0.25) is 14.5 Å². The molecular formula is C29H37IN2O8. The number of halogens is 1. The first-order valence-electron chi connectivity index (χ1n) is 12.8. The minimum absolute atomic E-state index is 0.0468. The summed E-state index contributed by atoms with van der Waals surface area (Å²) in [5, 5.41) is 2.63. The van der Waals surface area contributed by atoms with Crippen LogP contribution in [-0.2, 0) is 30.4 Å². The number of ether oxygens (including phenoxy) is 4. The SMILES string of the molecule is COC(=O)[C@H](C)CC(=O)[C@H](c1ccc(OCCNC(=O)OC(C)(C)C)c(I)c1)N(C)C(=O)OCc1ccccc1. The number of hydrogen-bond donors (Lipinski definition) is 1. The lowest BCUT2D eigenvalue weighted by molar-refractivity contribution is -0.146. The Balaban J connectivity index is 2.15. The van der Waals surface area contributed by atoms with Crippen molar-refractivity contribution in [2.45, 2.75) is 52.4 Å². The van der Waals surface area contributed by atoms with Gasteiger partial charge in [0.05, 0.1) is 23.1 Å². The molecule has 0 unspecified atom stereocenters. The fourth-order valence-electron chi connectivity index (χ4n) is 3.68. The Bertz CT molecular complexity index is 1170. The molecule has 0 aliphatic heterocycles. The Morgan fingerprint density at radius 1 is 1.05 bits per heavy atom. The van der Waals surface area contributed by atoms with Crippen LogP contribution in [0.5, 0.6) is 5.75 Å². The predicted molar refractivity (Wildman–Crippen MR) is 157 cm³/mol. The van der Waals surface area contributed by atoms with Gasteiger partial charge in [-0.25, -0.2) is 9.59 Å². The maximum atomic E-state index is 13.4.